The van der Waals surface area contributed by atoms with Crippen LogP contribution in [0.2, 0.25) is 0 Å². The lowest BCUT2D eigenvalue weighted by Crippen LogP contribution is -2.48. The van der Waals surface area contributed by atoms with Crippen LogP contribution in [-0.2, 0) is 19.9 Å². The first-order valence-corrected chi connectivity index (χ1v) is 16.7. The van der Waals surface area contributed by atoms with E-state index >= 15 is 0 Å². The quantitative estimate of drug-likeness (QED) is 0.203. The predicted molar refractivity (Wildman–Crippen MR) is 191 cm³/mol. The average molecular weight is 673 g/mol. The van der Waals surface area contributed by atoms with E-state index in [0.29, 0.717) is 55.5 Å². The molecule has 12 heteroatoms. The molecule has 0 saturated carbocycles. The van der Waals surface area contributed by atoms with Crippen LogP contribution in [0.15, 0.2) is 85.3 Å². The highest BCUT2D eigenvalue weighted by atomic mass is 16.5. The fourth-order valence-electron chi connectivity index (χ4n) is 6.64. The number of nitrogens with one attached hydrogen (secondary N) is 2. The molecule has 256 valence electrons. The second kappa shape index (κ2) is 13.5. The number of ether oxygens (including phenoxy) is 1. The molecule has 2 aliphatic heterocycles. The standard InChI is InChI=1S/C38H40N8O4/c1-37(2,49)32-21-28(11-17-39-32)34-30-22-29(9-10-31(30)43-44-34)42-36(48)38(50-3)14-20-45(24-38)23-33(47)46-18-12-26(13-19-46)25-5-7-27(8-6-25)35-40-15-4-16-41-35/h4-12,15-17,21-22,49H,13-14,18-20,23-24H2,1-3H3,(H,42,48)(H,43,44)/t38-/m0/s1. The van der Waals surface area contributed by atoms with Crippen LogP contribution >= 0.6 is 0 Å². The molecule has 5 aromatic rings. The van der Waals surface area contributed by atoms with Crippen molar-refractivity contribution in [1.29, 1.82) is 0 Å². The van der Waals surface area contributed by atoms with Gasteiger partial charge in [0.2, 0.25) is 5.91 Å². The minimum Gasteiger partial charge on any atom is -0.384 e. The zero-order chi connectivity index (χ0) is 34.9. The van der Waals surface area contributed by atoms with Gasteiger partial charge in [-0.25, -0.2) is 9.97 Å². The van der Waals surface area contributed by atoms with E-state index in [1.54, 1.807) is 45.6 Å². The molecule has 3 N–H and O–H groups in total. The van der Waals surface area contributed by atoms with Crippen LogP contribution in [0, 0.1) is 0 Å². The van der Waals surface area contributed by atoms with Gasteiger partial charge < -0.3 is 20.1 Å². The van der Waals surface area contributed by atoms with Crippen molar-refractivity contribution in [2.24, 2.45) is 0 Å². The minimum atomic E-state index is -1.10. The molecule has 12 nitrogen and oxygen atoms in total. The van der Waals surface area contributed by atoms with Gasteiger partial charge in [0.05, 0.1) is 17.8 Å². The second-order valence-corrected chi connectivity index (χ2v) is 13.4. The molecule has 0 radical (unpaired) electrons. The Morgan fingerprint density at radius 1 is 0.980 bits per heavy atom. The molecule has 0 aliphatic carbocycles. The van der Waals surface area contributed by atoms with E-state index in [2.05, 4.69) is 48.7 Å². The molecule has 2 amide bonds. The number of aromatic nitrogens is 5. The number of pyridine rings is 1. The van der Waals surface area contributed by atoms with E-state index in [9.17, 15) is 14.7 Å². The number of nitrogens with zero attached hydrogens (tertiary/aromatic N) is 6. The number of aromatic amines is 1. The maximum atomic E-state index is 13.7. The molecule has 0 bridgehead atoms. The number of fused-ring (bicyclic) bond motifs is 1. The van der Waals surface area contributed by atoms with E-state index < -0.39 is 11.2 Å². The van der Waals surface area contributed by atoms with E-state index in [4.69, 9.17) is 4.74 Å². The number of likely N-dealkylation sites (tertiary alicyclic amines) is 1. The molecule has 5 heterocycles. The van der Waals surface area contributed by atoms with Crippen LogP contribution in [0.5, 0.6) is 0 Å². The van der Waals surface area contributed by atoms with Crippen molar-refractivity contribution in [2.75, 3.05) is 45.2 Å². The molecule has 1 atom stereocenters. The Morgan fingerprint density at radius 3 is 2.48 bits per heavy atom. The second-order valence-electron chi connectivity index (χ2n) is 13.4. The summed E-state index contributed by atoms with van der Waals surface area (Å²) in [6.07, 6.45) is 8.47. The number of benzene rings is 2. The number of hydrogen-bond acceptors (Lipinski definition) is 9. The van der Waals surface area contributed by atoms with Crippen LogP contribution in [0.4, 0.5) is 5.69 Å². The molecule has 0 unspecified atom stereocenters. The fourth-order valence-corrected chi connectivity index (χ4v) is 6.64. The van der Waals surface area contributed by atoms with Crippen LogP contribution < -0.4 is 5.32 Å². The van der Waals surface area contributed by atoms with Gasteiger partial charge in [-0.15, -0.1) is 0 Å². The van der Waals surface area contributed by atoms with Gasteiger partial charge in [0.25, 0.3) is 5.91 Å². The number of H-pyrrole nitrogens is 1. The number of rotatable bonds is 9. The summed E-state index contributed by atoms with van der Waals surface area (Å²) in [5.41, 5.74) is 4.55. The molecule has 3 aromatic heterocycles. The van der Waals surface area contributed by atoms with Crippen molar-refractivity contribution in [3.05, 3.63) is 96.6 Å². The maximum absolute atomic E-state index is 13.7. The highest BCUT2D eigenvalue weighted by Gasteiger charge is 2.45. The van der Waals surface area contributed by atoms with Gasteiger partial charge in [0, 0.05) is 74.1 Å². The van der Waals surface area contributed by atoms with Gasteiger partial charge in [-0.2, -0.15) is 5.10 Å². The molecule has 7 rings (SSSR count). The Kier molecular flexibility index (Phi) is 9.00. The topological polar surface area (TPSA) is 149 Å². The summed E-state index contributed by atoms with van der Waals surface area (Å²) in [5, 5.41) is 21.9. The number of aliphatic hydroxyl groups is 1. The molecular weight excluding hydrogens is 632 g/mol. The first kappa shape index (κ1) is 33.2. The van der Waals surface area contributed by atoms with E-state index in [0.717, 1.165) is 34.0 Å². The number of amides is 2. The van der Waals surface area contributed by atoms with Crippen molar-refractivity contribution < 1.29 is 19.4 Å². The van der Waals surface area contributed by atoms with Crippen molar-refractivity contribution in [2.45, 2.75) is 37.9 Å². The van der Waals surface area contributed by atoms with E-state index in [-0.39, 0.29) is 18.4 Å². The van der Waals surface area contributed by atoms with Crippen molar-refractivity contribution in [3.63, 3.8) is 0 Å². The third kappa shape index (κ3) is 6.77. The van der Waals surface area contributed by atoms with Gasteiger partial charge in [0.1, 0.15) is 11.3 Å². The Bertz CT molecular complexity index is 2060. The monoisotopic (exact) mass is 672 g/mol. The Balaban J connectivity index is 0.971. The van der Waals surface area contributed by atoms with Crippen LogP contribution in [0.3, 0.4) is 0 Å². The summed E-state index contributed by atoms with van der Waals surface area (Å²) in [6.45, 7) is 5.64. The molecular formula is C38H40N8O4. The molecule has 0 spiro atoms. The lowest BCUT2D eigenvalue weighted by atomic mass is 9.98. The predicted octanol–water partition coefficient (Wildman–Crippen LogP) is 4.65. The van der Waals surface area contributed by atoms with Crippen molar-refractivity contribution >= 4 is 34.0 Å². The molecule has 2 aliphatic rings. The number of carbonyl (C=O) groups excluding carboxylic acids is 2. The van der Waals surface area contributed by atoms with E-state index in [1.165, 1.54) is 5.57 Å². The van der Waals surface area contributed by atoms with Gasteiger partial charge in [0.15, 0.2) is 11.4 Å². The van der Waals surface area contributed by atoms with Crippen molar-refractivity contribution in [3.8, 4) is 22.6 Å². The number of carbonyl (C=O) groups is 2. The normalized spacial score (nSPS) is 18.3. The first-order chi connectivity index (χ1) is 24.1. The summed E-state index contributed by atoms with van der Waals surface area (Å²) in [5.74, 6) is 0.466. The lowest BCUT2D eigenvalue weighted by molar-refractivity contribution is -0.138. The minimum absolute atomic E-state index is 0.0333. The maximum Gasteiger partial charge on any atom is 0.258 e. The zero-order valence-corrected chi connectivity index (χ0v) is 28.4. The SMILES string of the molecule is CO[C@@]1(C(=O)Nc2ccc3[nH]nc(-c4ccnc(C(C)(C)O)c4)c3c2)CCN(CC(=O)N2CC=C(c3ccc(-c4ncccn4)cc3)CC2)C1. The summed E-state index contributed by atoms with van der Waals surface area (Å²) in [4.78, 5) is 43.9. The highest BCUT2D eigenvalue weighted by Crippen LogP contribution is 2.32. The molecule has 1 saturated heterocycles. The van der Waals surface area contributed by atoms with Gasteiger partial charge >= 0.3 is 0 Å². The zero-order valence-electron chi connectivity index (χ0n) is 28.4. The smallest absolute Gasteiger partial charge is 0.258 e. The summed E-state index contributed by atoms with van der Waals surface area (Å²) < 4.78 is 5.86. The Hall–Kier alpha value is -5.30. The van der Waals surface area contributed by atoms with Crippen molar-refractivity contribution in [1.82, 2.24) is 34.9 Å². The lowest BCUT2D eigenvalue weighted by Gasteiger charge is -2.30. The summed E-state index contributed by atoms with van der Waals surface area (Å²) in [6, 6.07) is 19.2. The van der Waals surface area contributed by atoms with Gasteiger partial charge in [-0.05, 0) is 74.2 Å². The third-order valence-electron chi connectivity index (χ3n) is 9.60. The van der Waals surface area contributed by atoms with Crippen LogP contribution in [-0.4, -0.2) is 97.3 Å². The average Bonchev–Trinajstić information content (AvgIpc) is 3.76. The Labute approximate surface area is 290 Å². The highest BCUT2D eigenvalue weighted by molar-refractivity contribution is 6.01. The van der Waals surface area contributed by atoms with E-state index in [1.807, 2.05) is 52.3 Å². The number of methoxy groups -OCH3 is 1. The molecule has 50 heavy (non-hydrogen) atoms. The fraction of sp³-hybridized carbons (Fsp3) is 0.316. The van der Waals surface area contributed by atoms with Gasteiger partial charge in [-0.1, -0.05) is 30.3 Å². The number of hydrogen-bond donors (Lipinski definition) is 3. The largest absolute Gasteiger partial charge is 0.384 e. The first-order valence-electron chi connectivity index (χ1n) is 16.7. The Morgan fingerprint density at radius 2 is 1.76 bits per heavy atom. The van der Waals surface area contributed by atoms with Crippen LogP contribution in [0.1, 0.15) is 37.9 Å². The van der Waals surface area contributed by atoms with Crippen LogP contribution in [0.25, 0.3) is 39.1 Å². The summed E-state index contributed by atoms with van der Waals surface area (Å²) in [7, 11) is 1.54. The molecule has 2 aromatic carbocycles. The number of anilines is 1. The molecule has 1 fully saturated rings. The summed E-state index contributed by atoms with van der Waals surface area (Å²) >= 11 is 0. The van der Waals surface area contributed by atoms with Gasteiger partial charge in [-0.3, -0.25) is 24.6 Å². The third-order valence-corrected chi connectivity index (χ3v) is 9.60.